The van der Waals surface area contributed by atoms with Gasteiger partial charge in [-0.05, 0) is 42.0 Å². The predicted molar refractivity (Wildman–Crippen MR) is 92.3 cm³/mol. The number of hydrogen-bond donors (Lipinski definition) is 2. The molecule has 0 aliphatic rings. The van der Waals surface area contributed by atoms with E-state index < -0.39 is 6.10 Å². The fourth-order valence-electron chi connectivity index (χ4n) is 2.37. The minimum absolute atomic E-state index is 0.473. The average Bonchev–Trinajstić information content (AvgIpc) is 3.05. The van der Waals surface area contributed by atoms with Crippen molar-refractivity contribution in [3.05, 3.63) is 83.1 Å². The first-order valence-electron chi connectivity index (χ1n) is 7.51. The van der Waals surface area contributed by atoms with Gasteiger partial charge in [0.25, 0.3) is 0 Å². The van der Waals surface area contributed by atoms with E-state index in [1.807, 2.05) is 66.7 Å². The van der Waals surface area contributed by atoms with E-state index in [4.69, 9.17) is 16.0 Å². The molecule has 1 heterocycles. The third-order valence-corrected chi connectivity index (χ3v) is 3.86. The Morgan fingerprint density at radius 1 is 0.957 bits per heavy atom. The Bertz CT molecular complexity index is 738. The van der Waals surface area contributed by atoms with E-state index in [1.54, 1.807) is 0 Å². The molecule has 4 heteroatoms. The smallest absolute Gasteiger partial charge is 0.134 e. The number of rotatable bonds is 6. The number of furan rings is 1. The maximum Gasteiger partial charge on any atom is 0.134 e. The molecule has 0 radical (unpaired) electrons. The zero-order valence-electron chi connectivity index (χ0n) is 12.6. The lowest BCUT2D eigenvalue weighted by Gasteiger charge is -2.11. The largest absolute Gasteiger partial charge is 0.460 e. The van der Waals surface area contributed by atoms with E-state index in [9.17, 15) is 5.11 Å². The molecule has 3 nitrogen and oxygen atoms in total. The summed E-state index contributed by atoms with van der Waals surface area (Å²) >= 11 is 5.89. The van der Waals surface area contributed by atoms with Crippen LogP contribution in [0.3, 0.4) is 0 Å². The molecule has 1 atom stereocenters. The summed E-state index contributed by atoms with van der Waals surface area (Å²) in [5, 5.41) is 14.0. The van der Waals surface area contributed by atoms with Gasteiger partial charge in [-0.3, -0.25) is 0 Å². The van der Waals surface area contributed by atoms with Crippen LogP contribution in [-0.4, -0.2) is 11.7 Å². The molecule has 0 bridgehead atoms. The van der Waals surface area contributed by atoms with Crippen molar-refractivity contribution in [3.8, 4) is 11.3 Å². The predicted octanol–water partition coefficient (Wildman–Crippen LogP) is 4.42. The highest BCUT2D eigenvalue weighted by Crippen LogP contribution is 2.23. The minimum atomic E-state index is -0.526. The molecular formula is C19H18ClNO2. The Morgan fingerprint density at radius 3 is 2.43 bits per heavy atom. The molecule has 0 amide bonds. The molecule has 0 fully saturated rings. The van der Waals surface area contributed by atoms with E-state index in [1.165, 1.54) is 0 Å². The Kier molecular flexibility index (Phi) is 5.13. The molecule has 23 heavy (non-hydrogen) atoms. The standard InChI is InChI=1S/C19H18ClNO2/c20-16-8-6-15(7-9-16)19-11-10-17(23-19)12-21-13-18(22)14-4-2-1-3-5-14/h1-11,18,21-22H,12-13H2/t18-/m1/s1. The second kappa shape index (κ2) is 7.47. The minimum Gasteiger partial charge on any atom is -0.460 e. The molecule has 0 saturated carbocycles. The molecule has 0 spiro atoms. The number of hydrogen-bond acceptors (Lipinski definition) is 3. The second-order valence-electron chi connectivity index (χ2n) is 5.33. The van der Waals surface area contributed by atoms with Crippen LogP contribution in [0.15, 0.2) is 71.1 Å². The van der Waals surface area contributed by atoms with E-state index in [0.29, 0.717) is 18.1 Å². The maximum absolute atomic E-state index is 10.1. The first-order chi connectivity index (χ1) is 11.2. The highest BCUT2D eigenvalue weighted by Gasteiger charge is 2.08. The molecule has 2 N–H and O–H groups in total. The van der Waals surface area contributed by atoms with Gasteiger partial charge in [-0.15, -0.1) is 0 Å². The molecule has 0 saturated heterocycles. The normalized spacial score (nSPS) is 12.3. The van der Waals surface area contributed by atoms with Gasteiger partial charge >= 0.3 is 0 Å². The SMILES string of the molecule is O[C@H](CNCc1ccc(-c2ccc(Cl)cc2)o1)c1ccccc1. The van der Waals surface area contributed by atoms with Crippen LogP contribution >= 0.6 is 11.6 Å². The monoisotopic (exact) mass is 327 g/mol. The second-order valence-corrected chi connectivity index (χ2v) is 5.77. The lowest BCUT2D eigenvalue weighted by atomic mass is 10.1. The summed E-state index contributed by atoms with van der Waals surface area (Å²) in [6.45, 7) is 1.04. The Hall–Kier alpha value is -2.07. The van der Waals surface area contributed by atoms with Gasteiger partial charge in [0.15, 0.2) is 0 Å². The van der Waals surface area contributed by atoms with Gasteiger partial charge in [0.1, 0.15) is 11.5 Å². The number of benzene rings is 2. The van der Waals surface area contributed by atoms with Gasteiger partial charge in [-0.2, -0.15) is 0 Å². The third-order valence-electron chi connectivity index (χ3n) is 3.61. The van der Waals surface area contributed by atoms with Crippen molar-refractivity contribution in [1.29, 1.82) is 0 Å². The average molecular weight is 328 g/mol. The zero-order chi connectivity index (χ0) is 16.1. The van der Waals surface area contributed by atoms with Gasteiger partial charge in [0, 0.05) is 17.1 Å². The van der Waals surface area contributed by atoms with E-state index in [0.717, 1.165) is 22.6 Å². The van der Waals surface area contributed by atoms with Crippen LogP contribution in [0, 0.1) is 0 Å². The molecule has 0 unspecified atom stereocenters. The molecule has 3 rings (SSSR count). The topological polar surface area (TPSA) is 45.4 Å². The molecule has 118 valence electrons. The summed E-state index contributed by atoms with van der Waals surface area (Å²) in [6, 6.07) is 21.0. The Balaban J connectivity index is 1.54. The lowest BCUT2D eigenvalue weighted by Crippen LogP contribution is -2.20. The molecule has 3 aromatic rings. The van der Waals surface area contributed by atoms with Gasteiger partial charge in [-0.1, -0.05) is 41.9 Å². The number of halogens is 1. The Morgan fingerprint density at radius 2 is 1.70 bits per heavy atom. The number of nitrogens with one attached hydrogen (secondary N) is 1. The van der Waals surface area contributed by atoms with Gasteiger partial charge < -0.3 is 14.8 Å². The first kappa shape index (κ1) is 15.8. The molecule has 0 aliphatic heterocycles. The van der Waals surface area contributed by atoms with Crippen molar-refractivity contribution in [2.45, 2.75) is 12.6 Å². The number of aliphatic hydroxyl groups excluding tert-OH is 1. The summed E-state index contributed by atoms with van der Waals surface area (Å²) in [4.78, 5) is 0. The molecule has 2 aromatic carbocycles. The summed E-state index contributed by atoms with van der Waals surface area (Å²) in [7, 11) is 0. The fraction of sp³-hybridized carbons (Fsp3) is 0.158. The van der Waals surface area contributed by atoms with Crippen LogP contribution in [0.1, 0.15) is 17.4 Å². The van der Waals surface area contributed by atoms with Gasteiger partial charge in [0.05, 0.1) is 12.6 Å². The summed E-state index contributed by atoms with van der Waals surface area (Å²) < 4.78 is 5.81. The van der Waals surface area contributed by atoms with Crippen LogP contribution in [0.2, 0.25) is 5.02 Å². The van der Waals surface area contributed by atoms with Crippen molar-refractivity contribution in [2.24, 2.45) is 0 Å². The van der Waals surface area contributed by atoms with Crippen molar-refractivity contribution < 1.29 is 9.52 Å². The van der Waals surface area contributed by atoms with Crippen LogP contribution in [0.25, 0.3) is 11.3 Å². The van der Waals surface area contributed by atoms with E-state index >= 15 is 0 Å². The van der Waals surface area contributed by atoms with E-state index in [2.05, 4.69) is 5.32 Å². The zero-order valence-corrected chi connectivity index (χ0v) is 13.3. The first-order valence-corrected chi connectivity index (χ1v) is 7.88. The highest BCUT2D eigenvalue weighted by atomic mass is 35.5. The Labute approximate surface area is 140 Å². The highest BCUT2D eigenvalue weighted by molar-refractivity contribution is 6.30. The summed E-state index contributed by atoms with van der Waals surface area (Å²) in [5.74, 6) is 1.64. The molecule has 0 aliphatic carbocycles. The lowest BCUT2D eigenvalue weighted by molar-refractivity contribution is 0.173. The van der Waals surface area contributed by atoms with Gasteiger partial charge in [0.2, 0.25) is 0 Å². The van der Waals surface area contributed by atoms with Gasteiger partial charge in [-0.25, -0.2) is 0 Å². The fourth-order valence-corrected chi connectivity index (χ4v) is 2.49. The van der Waals surface area contributed by atoms with Crippen LogP contribution in [0.5, 0.6) is 0 Å². The van der Waals surface area contributed by atoms with Crippen molar-refractivity contribution in [1.82, 2.24) is 5.32 Å². The molecule has 1 aromatic heterocycles. The van der Waals surface area contributed by atoms with E-state index in [-0.39, 0.29) is 0 Å². The quantitative estimate of drug-likeness (QED) is 0.704. The van der Waals surface area contributed by atoms with Crippen molar-refractivity contribution in [2.75, 3.05) is 6.54 Å². The maximum atomic E-state index is 10.1. The van der Waals surface area contributed by atoms with Crippen LogP contribution < -0.4 is 5.32 Å². The third kappa shape index (κ3) is 4.23. The van der Waals surface area contributed by atoms with Crippen LogP contribution in [0.4, 0.5) is 0 Å². The summed E-state index contributed by atoms with van der Waals surface area (Å²) in [6.07, 6.45) is -0.526. The van der Waals surface area contributed by atoms with Crippen molar-refractivity contribution in [3.63, 3.8) is 0 Å². The molecular weight excluding hydrogens is 310 g/mol. The van der Waals surface area contributed by atoms with Crippen molar-refractivity contribution >= 4 is 11.6 Å². The van der Waals surface area contributed by atoms with Crippen LogP contribution in [-0.2, 0) is 6.54 Å². The number of aliphatic hydroxyl groups is 1. The summed E-state index contributed by atoms with van der Waals surface area (Å²) in [5.41, 5.74) is 1.89.